The van der Waals surface area contributed by atoms with Crippen LogP contribution in [0.1, 0.15) is 11.1 Å². The van der Waals surface area contributed by atoms with Crippen LogP contribution in [0.3, 0.4) is 0 Å². The van der Waals surface area contributed by atoms with Gasteiger partial charge in [-0.15, -0.1) is 5.10 Å². The third-order valence-corrected chi connectivity index (χ3v) is 7.21. The topological polar surface area (TPSA) is 97.9 Å². The third-order valence-electron chi connectivity index (χ3n) is 7.21. The molecule has 2 bridgehead atoms. The van der Waals surface area contributed by atoms with Gasteiger partial charge in [-0.3, -0.25) is 9.59 Å². The highest BCUT2D eigenvalue weighted by atomic mass is 16.5. The molecule has 2 fully saturated rings. The van der Waals surface area contributed by atoms with Crippen molar-refractivity contribution in [3.05, 3.63) is 58.0 Å². The minimum atomic E-state index is -0.687. The molecule has 6 rings (SSSR count). The summed E-state index contributed by atoms with van der Waals surface area (Å²) in [7, 11) is 1.73. The van der Waals surface area contributed by atoms with E-state index in [1.165, 1.54) is 4.68 Å². The Morgan fingerprint density at radius 1 is 1.27 bits per heavy atom. The van der Waals surface area contributed by atoms with E-state index in [1.54, 1.807) is 16.3 Å². The predicted molar refractivity (Wildman–Crippen MR) is 121 cm³/mol. The molecule has 0 aliphatic carbocycles. The lowest BCUT2D eigenvalue weighted by Gasteiger charge is -2.23. The number of likely N-dealkylation sites (tertiary alicyclic amines) is 1. The Bertz CT molecular complexity index is 1440. The van der Waals surface area contributed by atoms with Crippen LogP contribution in [0.25, 0.3) is 16.6 Å². The smallest absolute Gasteiger partial charge is 0.350 e. The molecule has 3 aliphatic heterocycles. The number of ether oxygens (including phenoxy) is 1. The molecule has 1 aromatic carbocycles. The quantitative estimate of drug-likeness (QED) is 0.597. The van der Waals surface area contributed by atoms with Crippen molar-refractivity contribution in [2.75, 3.05) is 20.1 Å². The summed E-state index contributed by atoms with van der Waals surface area (Å²) in [6, 6.07) is 8.02. The first-order valence-electron chi connectivity index (χ1n) is 11.2. The van der Waals surface area contributed by atoms with Gasteiger partial charge in [0.1, 0.15) is 5.60 Å². The second-order valence-corrected chi connectivity index (χ2v) is 9.44. The van der Waals surface area contributed by atoms with Gasteiger partial charge in [-0.05, 0) is 42.5 Å². The lowest BCUT2D eigenvalue weighted by Crippen LogP contribution is -2.45. The average molecular weight is 447 g/mol. The number of carbonyl (C=O) groups excluding carboxylic acids is 2. The Labute approximate surface area is 189 Å². The SMILES string of the molecule is Cc1ccc2cc(C)c3nn(CCNC(=O)[C@H]4[C@H]5C(=O)N(C)C[C@@]56C=C[C@H]4O6)c(=O)n3c2c1. The minimum absolute atomic E-state index is 0.0591. The van der Waals surface area contributed by atoms with E-state index in [4.69, 9.17) is 4.74 Å². The van der Waals surface area contributed by atoms with E-state index in [9.17, 15) is 14.4 Å². The molecule has 170 valence electrons. The van der Waals surface area contributed by atoms with Gasteiger partial charge in [0, 0.05) is 13.6 Å². The summed E-state index contributed by atoms with van der Waals surface area (Å²) >= 11 is 0. The standard InChI is InChI=1S/C24H25N5O4/c1-13-4-5-15-11-14(2)20-26-28(23(32)29(20)16(15)10-13)9-8-25-21(30)18-17-6-7-24(33-17)12-27(3)22(31)19(18)24/h4-7,10-11,17-19H,8-9,12H2,1-3H3,(H,25,30)/t17-,18-,19+,24+/m1/s1. The fourth-order valence-electron chi connectivity index (χ4n) is 5.69. The molecule has 0 unspecified atom stereocenters. The zero-order valence-corrected chi connectivity index (χ0v) is 18.7. The van der Waals surface area contributed by atoms with Crippen LogP contribution in [0.15, 0.2) is 41.2 Å². The number of pyridine rings is 1. The van der Waals surface area contributed by atoms with Crippen LogP contribution in [0.5, 0.6) is 0 Å². The predicted octanol–water partition coefficient (Wildman–Crippen LogP) is 0.794. The number of nitrogens with zero attached hydrogens (tertiary/aromatic N) is 4. The number of hydrogen-bond acceptors (Lipinski definition) is 5. The molecular weight excluding hydrogens is 422 g/mol. The number of rotatable bonds is 4. The van der Waals surface area contributed by atoms with Crippen LogP contribution in [-0.2, 0) is 20.9 Å². The zero-order valence-electron chi connectivity index (χ0n) is 18.7. The van der Waals surface area contributed by atoms with Crippen molar-refractivity contribution < 1.29 is 14.3 Å². The maximum atomic E-state index is 13.1. The highest BCUT2D eigenvalue weighted by Gasteiger charge is 2.66. The molecule has 33 heavy (non-hydrogen) atoms. The molecule has 2 amide bonds. The molecule has 3 aliphatic rings. The number of carbonyl (C=O) groups is 2. The zero-order chi connectivity index (χ0) is 23.1. The van der Waals surface area contributed by atoms with Gasteiger partial charge in [0.05, 0.1) is 36.5 Å². The molecule has 2 aromatic heterocycles. The van der Waals surface area contributed by atoms with Crippen molar-refractivity contribution in [1.82, 2.24) is 24.4 Å². The number of aryl methyl sites for hydroxylation is 2. The Hall–Kier alpha value is -3.46. The normalized spacial score (nSPS) is 27.8. The van der Waals surface area contributed by atoms with Crippen LogP contribution < -0.4 is 11.0 Å². The first-order chi connectivity index (χ1) is 15.8. The number of fused-ring (bicyclic) bond motifs is 4. The number of likely N-dealkylation sites (N-methyl/N-ethyl adjacent to an activating group) is 1. The van der Waals surface area contributed by atoms with Crippen LogP contribution in [0.2, 0.25) is 0 Å². The van der Waals surface area contributed by atoms with E-state index >= 15 is 0 Å². The fourth-order valence-corrected chi connectivity index (χ4v) is 5.69. The Kier molecular flexibility index (Phi) is 4.14. The minimum Gasteiger partial charge on any atom is -0.360 e. The number of benzene rings is 1. The van der Waals surface area contributed by atoms with Gasteiger partial charge < -0.3 is 15.0 Å². The van der Waals surface area contributed by atoms with Gasteiger partial charge in [0.2, 0.25) is 11.8 Å². The molecule has 3 aromatic rings. The molecular formula is C24H25N5O4. The van der Waals surface area contributed by atoms with Crippen molar-refractivity contribution in [3.8, 4) is 0 Å². The summed E-state index contributed by atoms with van der Waals surface area (Å²) in [4.78, 5) is 40.5. The van der Waals surface area contributed by atoms with Gasteiger partial charge in [-0.1, -0.05) is 24.3 Å². The molecule has 9 heteroatoms. The van der Waals surface area contributed by atoms with Crippen molar-refractivity contribution in [2.24, 2.45) is 11.8 Å². The Balaban J connectivity index is 1.23. The van der Waals surface area contributed by atoms with E-state index in [2.05, 4.69) is 10.4 Å². The molecule has 1 spiro atoms. The number of amides is 2. The lowest BCUT2D eigenvalue weighted by atomic mass is 9.77. The van der Waals surface area contributed by atoms with Crippen LogP contribution in [0, 0.1) is 25.7 Å². The fraction of sp³-hybridized carbons (Fsp3) is 0.417. The largest absolute Gasteiger partial charge is 0.360 e. The van der Waals surface area contributed by atoms with Crippen molar-refractivity contribution in [2.45, 2.75) is 32.1 Å². The molecule has 4 atom stereocenters. The maximum Gasteiger partial charge on any atom is 0.350 e. The summed E-state index contributed by atoms with van der Waals surface area (Å²) in [5, 5.41) is 8.40. The van der Waals surface area contributed by atoms with E-state index in [1.807, 2.05) is 50.3 Å². The van der Waals surface area contributed by atoms with Gasteiger partial charge in [-0.2, -0.15) is 0 Å². The third kappa shape index (κ3) is 2.75. The van der Waals surface area contributed by atoms with Crippen molar-refractivity contribution >= 4 is 28.4 Å². The highest BCUT2D eigenvalue weighted by molar-refractivity contribution is 5.92. The Morgan fingerprint density at radius 2 is 2.09 bits per heavy atom. The number of hydrogen-bond donors (Lipinski definition) is 1. The van der Waals surface area contributed by atoms with Crippen LogP contribution in [0.4, 0.5) is 0 Å². The molecule has 2 saturated heterocycles. The summed E-state index contributed by atoms with van der Waals surface area (Å²) in [5.41, 5.74) is 2.47. The molecule has 9 nitrogen and oxygen atoms in total. The van der Waals surface area contributed by atoms with E-state index in [0.717, 1.165) is 22.0 Å². The monoisotopic (exact) mass is 447 g/mol. The molecule has 0 saturated carbocycles. The summed E-state index contributed by atoms with van der Waals surface area (Å²) in [6.07, 6.45) is 3.43. The average Bonchev–Trinajstić information content (AvgIpc) is 3.49. The summed E-state index contributed by atoms with van der Waals surface area (Å²) < 4.78 is 9.06. The van der Waals surface area contributed by atoms with Crippen LogP contribution >= 0.6 is 0 Å². The maximum absolute atomic E-state index is 13.1. The molecule has 5 heterocycles. The molecule has 1 N–H and O–H groups in total. The summed E-state index contributed by atoms with van der Waals surface area (Å²) in [6.45, 7) is 4.85. The lowest BCUT2D eigenvalue weighted by molar-refractivity contribution is -0.136. The van der Waals surface area contributed by atoms with Gasteiger partial charge in [0.25, 0.3) is 0 Å². The van der Waals surface area contributed by atoms with Gasteiger partial charge in [0.15, 0.2) is 5.65 Å². The van der Waals surface area contributed by atoms with E-state index < -0.39 is 17.4 Å². The van der Waals surface area contributed by atoms with Crippen LogP contribution in [-0.4, -0.2) is 62.7 Å². The van der Waals surface area contributed by atoms with E-state index in [-0.39, 0.29) is 36.7 Å². The Morgan fingerprint density at radius 3 is 2.91 bits per heavy atom. The first kappa shape index (κ1) is 20.2. The van der Waals surface area contributed by atoms with Crippen molar-refractivity contribution in [3.63, 3.8) is 0 Å². The number of aromatic nitrogens is 3. The number of nitrogens with one attached hydrogen (secondary N) is 1. The summed E-state index contributed by atoms with van der Waals surface area (Å²) in [5.74, 6) is -1.34. The van der Waals surface area contributed by atoms with Gasteiger partial charge in [-0.25, -0.2) is 13.9 Å². The second-order valence-electron chi connectivity index (χ2n) is 9.44. The highest BCUT2D eigenvalue weighted by Crippen LogP contribution is 2.51. The van der Waals surface area contributed by atoms with Crippen molar-refractivity contribution in [1.29, 1.82) is 0 Å². The molecule has 0 radical (unpaired) electrons. The van der Waals surface area contributed by atoms with Gasteiger partial charge >= 0.3 is 5.69 Å². The first-order valence-corrected chi connectivity index (χ1v) is 11.2. The second kappa shape index (κ2) is 6.77. The van der Waals surface area contributed by atoms with E-state index in [0.29, 0.717) is 12.2 Å².